The molecule has 23 heavy (non-hydrogen) atoms. The molecule has 0 aromatic heterocycles. The van der Waals surface area contributed by atoms with Crippen molar-refractivity contribution in [2.45, 2.75) is 46.2 Å². The van der Waals surface area contributed by atoms with E-state index in [4.69, 9.17) is 0 Å². The van der Waals surface area contributed by atoms with Gasteiger partial charge in [0.15, 0.2) is 0 Å². The van der Waals surface area contributed by atoms with E-state index in [9.17, 15) is 14.7 Å². The minimum atomic E-state index is -0.791. The lowest BCUT2D eigenvalue weighted by molar-refractivity contribution is -0.147. The number of nitrogens with one attached hydrogen (secondary N) is 1. The van der Waals surface area contributed by atoms with Crippen molar-refractivity contribution in [3.8, 4) is 0 Å². The van der Waals surface area contributed by atoms with Crippen molar-refractivity contribution in [1.82, 2.24) is 10.2 Å². The molecule has 1 aromatic carbocycles. The van der Waals surface area contributed by atoms with E-state index in [1.165, 1.54) is 0 Å². The number of hydrogen-bond donors (Lipinski definition) is 2. The Kier molecular flexibility index (Phi) is 5.09. The summed E-state index contributed by atoms with van der Waals surface area (Å²) in [5.41, 5.74) is 1.49. The zero-order valence-corrected chi connectivity index (χ0v) is 14.3. The summed E-state index contributed by atoms with van der Waals surface area (Å²) >= 11 is 0. The van der Waals surface area contributed by atoms with Gasteiger partial charge >= 0.3 is 5.97 Å². The third-order valence-corrected chi connectivity index (χ3v) is 4.96. The molecule has 0 aliphatic carbocycles. The average molecular weight is 318 g/mol. The summed E-state index contributed by atoms with van der Waals surface area (Å²) in [5.74, 6) is -0.851. The predicted octanol–water partition coefficient (Wildman–Crippen LogP) is 2.36. The second-order valence-electron chi connectivity index (χ2n) is 6.85. The first kappa shape index (κ1) is 17.5. The van der Waals surface area contributed by atoms with Crippen molar-refractivity contribution in [2.75, 3.05) is 13.1 Å². The number of likely N-dealkylation sites (tertiary alicyclic amines) is 1. The Morgan fingerprint density at radius 3 is 2.52 bits per heavy atom. The maximum Gasteiger partial charge on any atom is 0.310 e. The van der Waals surface area contributed by atoms with Crippen molar-refractivity contribution in [2.24, 2.45) is 5.41 Å². The Labute approximate surface area is 137 Å². The normalized spacial score (nSPS) is 24.2. The number of aryl methyl sites for hydroxylation is 1. The second kappa shape index (κ2) is 6.71. The van der Waals surface area contributed by atoms with Crippen LogP contribution in [0.25, 0.3) is 0 Å². The van der Waals surface area contributed by atoms with E-state index in [2.05, 4.69) is 5.32 Å². The zero-order chi connectivity index (χ0) is 17.2. The van der Waals surface area contributed by atoms with Crippen LogP contribution in [0.2, 0.25) is 0 Å². The van der Waals surface area contributed by atoms with Crippen molar-refractivity contribution in [1.29, 1.82) is 0 Å². The van der Waals surface area contributed by atoms with E-state index in [1.807, 2.05) is 49.9 Å². The predicted molar refractivity (Wildman–Crippen MR) is 89.1 cm³/mol. The van der Waals surface area contributed by atoms with Crippen LogP contribution >= 0.6 is 0 Å². The van der Waals surface area contributed by atoms with Crippen LogP contribution in [-0.4, -0.2) is 41.0 Å². The highest BCUT2D eigenvalue weighted by Gasteiger charge is 2.42. The first-order chi connectivity index (χ1) is 10.7. The Balaban J connectivity index is 1.99. The van der Waals surface area contributed by atoms with Gasteiger partial charge in [-0.05, 0) is 45.2 Å². The largest absolute Gasteiger partial charge is 0.481 e. The van der Waals surface area contributed by atoms with Crippen LogP contribution in [0.5, 0.6) is 0 Å². The topological polar surface area (TPSA) is 69.6 Å². The fourth-order valence-electron chi connectivity index (χ4n) is 3.15. The standard InChI is InChI=1S/C18H26N2O3/c1-12-7-5-6-8-15(12)13(2)19-16(21)14(3)20-10-9-18(4,11-20)17(22)23/h5-8,13-14H,9-11H2,1-4H3,(H,19,21)(H,22,23). The molecule has 0 bridgehead atoms. The van der Waals surface area contributed by atoms with Gasteiger partial charge in [-0.1, -0.05) is 24.3 Å². The summed E-state index contributed by atoms with van der Waals surface area (Å²) in [6, 6.07) is 7.59. The van der Waals surface area contributed by atoms with Crippen LogP contribution in [0.4, 0.5) is 0 Å². The average Bonchev–Trinajstić information content (AvgIpc) is 2.90. The molecule has 3 unspecified atom stereocenters. The summed E-state index contributed by atoms with van der Waals surface area (Å²) in [5, 5.41) is 12.4. The molecule has 1 fully saturated rings. The molecule has 1 aromatic rings. The number of amides is 1. The minimum absolute atomic E-state index is 0.0598. The van der Waals surface area contributed by atoms with E-state index in [1.54, 1.807) is 6.92 Å². The number of rotatable bonds is 5. The van der Waals surface area contributed by atoms with E-state index in [0.717, 1.165) is 11.1 Å². The highest BCUT2D eigenvalue weighted by molar-refractivity contribution is 5.82. The SMILES string of the molecule is Cc1ccccc1C(C)NC(=O)C(C)N1CCC(C)(C(=O)O)C1. The summed E-state index contributed by atoms with van der Waals surface area (Å²) in [6.45, 7) is 8.63. The molecular weight excluding hydrogens is 292 g/mol. The lowest BCUT2D eigenvalue weighted by atomic mass is 9.90. The van der Waals surface area contributed by atoms with Gasteiger partial charge < -0.3 is 10.4 Å². The first-order valence-corrected chi connectivity index (χ1v) is 8.08. The molecule has 3 atom stereocenters. The Bertz CT molecular complexity index is 602. The molecule has 1 aliphatic heterocycles. The monoisotopic (exact) mass is 318 g/mol. The lowest BCUT2D eigenvalue weighted by Crippen LogP contribution is -2.46. The van der Waals surface area contributed by atoms with Crippen LogP contribution in [0.3, 0.4) is 0 Å². The summed E-state index contributed by atoms with van der Waals surface area (Å²) < 4.78 is 0. The van der Waals surface area contributed by atoms with Gasteiger partial charge in [0.1, 0.15) is 0 Å². The van der Waals surface area contributed by atoms with Gasteiger partial charge in [-0.25, -0.2) is 0 Å². The zero-order valence-electron chi connectivity index (χ0n) is 14.3. The van der Waals surface area contributed by atoms with Crippen molar-refractivity contribution in [3.63, 3.8) is 0 Å². The number of benzene rings is 1. The summed E-state index contributed by atoms with van der Waals surface area (Å²) in [7, 11) is 0. The van der Waals surface area contributed by atoms with Gasteiger partial charge in [0.2, 0.25) is 5.91 Å². The summed E-state index contributed by atoms with van der Waals surface area (Å²) in [6.07, 6.45) is 0.577. The smallest absolute Gasteiger partial charge is 0.310 e. The van der Waals surface area contributed by atoms with Crippen LogP contribution in [0.1, 0.15) is 44.4 Å². The Morgan fingerprint density at radius 1 is 1.30 bits per heavy atom. The highest BCUT2D eigenvalue weighted by Crippen LogP contribution is 2.31. The van der Waals surface area contributed by atoms with Gasteiger partial charge in [0, 0.05) is 13.1 Å². The van der Waals surface area contributed by atoms with E-state index < -0.39 is 11.4 Å². The van der Waals surface area contributed by atoms with Gasteiger partial charge in [-0.3, -0.25) is 14.5 Å². The first-order valence-electron chi connectivity index (χ1n) is 8.08. The van der Waals surface area contributed by atoms with Crippen molar-refractivity contribution in [3.05, 3.63) is 35.4 Å². The van der Waals surface area contributed by atoms with Gasteiger partial charge in [0.25, 0.3) is 0 Å². The van der Waals surface area contributed by atoms with Crippen LogP contribution in [0.15, 0.2) is 24.3 Å². The van der Waals surface area contributed by atoms with Crippen LogP contribution in [-0.2, 0) is 9.59 Å². The molecule has 1 aliphatic rings. The molecule has 1 amide bonds. The molecule has 0 radical (unpaired) electrons. The lowest BCUT2D eigenvalue weighted by Gasteiger charge is -2.27. The van der Waals surface area contributed by atoms with Gasteiger partial charge in [-0.2, -0.15) is 0 Å². The molecular formula is C18H26N2O3. The van der Waals surface area contributed by atoms with Gasteiger partial charge in [0.05, 0.1) is 17.5 Å². The highest BCUT2D eigenvalue weighted by atomic mass is 16.4. The van der Waals surface area contributed by atoms with E-state index in [-0.39, 0.29) is 18.0 Å². The number of carboxylic acids is 1. The molecule has 0 saturated carbocycles. The quantitative estimate of drug-likeness (QED) is 0.874. The van der Waals surface area contributed by atoms with E-state index >= 15 is 0 Å². The van der Waals surface area contributed by atoms with Crippen molar-refractivity contribution >= 4 is 11.9 Å². The van der Waals surface area contributed by atoms with Gasteiger partial charge in [-0.15, -0.1) is 0 Å². The van der Waals surface area contributed by atoms with Crippen molar-refractivity contribution < 1.29 is 14.7 Å². The molecule has 126 valence electrons. The third-order valence-electron chi connectivity index (χ3n) is 4.96. The molecule has 1 heterocycles. The van der Waals surface area contributed by atoms with Crippen LogP contribution < -0.4 is 5.32 Å². The number of nitrogens with zero attached hydrogens (tertiary/aromatic N) is 1. The Hall–Kier alpha value is -1.88. The Morgan fingerprint density at radius 2 is 1.96 bits per heavy atom. The maximum absolute atomic E-state index is 12.5. The molecule has 1 saturated heterocycles. The molecule has 2 N–H and O–H groups in total. The van der Waals surface area contributed by atoms with Crippen LogP contribution in [0, 0.1) is 12.3 Å². The fraction of sp³-hybridized carbons (Fsp3) is 0.556. The number of aliphatic carboxylic acids is 1. The number of carbonyl (C=O) groups is 2. The molecule has 5 nitrogen and oxygen atoms in total. The molecule has 5 heteroatoms. The number of hydrogen-bond acceptors (Lipinski definition) is 3. The fourth-order valence-corrected chi connectivity index (χ4v) is 3.15. The minimum Gasteiger partial charge on any atom is -0.481 e. The summed E-state index contributed by atoms with van der Waals surface area (Å²) in [4.78, 5) is 25.8. The molecule has 0 spiro atoms. The number of carbonyl (C=O) groups excluding carboxylic acids is 1. The number of carboxylic acid groups (broad SMARTS) is 1. The third kappa shape index (κ3) is 3.72. The van der Waals surface area contributed by atoms with E-state index in [0.29, 0.717) is 19.5 Å². The molecule has 2 rings (SSSR count). The maximum atomic E-state index is 12.5. The second-order valence-corrected chi connectivity index (χ2v) is 6.85.